The molecule has 1 aromatic rings. The molecule has 0 amide bonds. The van der Waals surface area contributed by atoms with Crippen LogP contribution in [0.3, 0.4) is 0 Å². The summed E-state index contributed by atoms with van der Waals surface area (Å²) in [6.45, 7) is -2.72. The Morgan fingerprint density at radius 1 is 1.24 bits per heavy atom. The quantitative estimate of drug-likeness (QED) is 0.360. The standard InChI is InChI=1S/C10H13FN2O7S/c11-8-3-7(1-2-9(8)13(17)18)21(19,20)12-10(4-14,5-15)6-16/h1-3,12,14-16H,4-6H2. The van der Waals surface area contributed by atoms with Gasteiger partial charge in [-0.1, -0.05) is 0 Å². The number of hydrogen-bond donors (Lipinski definition) is 4. The van der Waals surface area contributed by atoms with Crippen LogP contribution in [0.4, 0.5) is 10.1 Å². The molecule has 1 aromatic carbocycles. The Hall–Kier alpha value is -1.66. The van der Waals surface area contributed by atoms with Crippen molar-refractivity contribution in [2.45, 2.75) is 10.4 Å². The molecular weight excluding hydrogens is 311 g/mol. The minimum atomic E-state index is -4.41. The van der Waals surface area contributed by atoms with Crippen LogP contribution in [0.2, 0.25) is 0 Å². The molecule has 0 saturated heterocycles. The van der Waals surface area contributed by atoms with Crippen molar-refractivity contribution in [2.75, 3.05) is 19.8 Å². The number of halogens is 1. The number of hydrogen-bond acceptors (Lipinski definition) is 7. The molecule has 0 fully saturated rings. The summed E-state index contributed by atoms with van der Waals surface area (Å²) in [7, 11) is -4.41. The normalized spacial score (nSPS) is 12.4. The van der Waals surface area contributed by atoms with E-state index in [1.165, 1.54) is 0 Å². The highest BCUT2D eigenvalue weighted by molar-refractivity contribution is 7.89. The van der Waals surface area contributed by atoms with Gasteiger partial charge in [0.2, 0.25) is 15.8 Å². The molecule has 9 nitrogen and oxygen atoms in total. The fourth-order valence-corrected chi connectivity index (χ4v) is 2.78. The summed E-state index contributed by atoms with van der Waals surface area (Å²) in [6, 6.07) is 1.89. The number of rotatable bonds is 7. The number of nitro groups is 1. The zero-order valence-corrected chi connectivity index (χ0v) is 11.4. The summed E-state index contributed by atoms with van der Waals surface area (Å²) >= 11 is 0. The molecule has 0 heterocycles. The first-order valence-corrected chi connectivity index (χ1v) is 7.00. The number of aliphatic hydroxyl groups excluding tert-OH is 3. The molecule has 0 unspecified atom stereocenters. The van der Waals surface area contributed by atoms with E-state index in [2.05, 4.69) is 0 Å². The summed E-state index contributed by atoms with van der Waals surface area (Å²) in [5, 5.41) is 37.6. The Morgan fingerprint density at radius 3 is 2.14 bits per heavy atom. The summed E-state index contributed by atoms with van der Waals surface area (Å²) in [5.74, 6) is -1.36. The molecule has 0 radical (unpaired) electrons. The van der Waals surface area contributed by atoms with Gasteiger partial charge < -0.3 is 15.3 Å². The molecule has 11 heteroatoms. The predicted molar refractivity (Wildman–Crippen MR) is 67.4 cm³/mol. The van der Waals surface area contributed by atoms with Gasteiger partial charge in [0.25, 0.3) is 0 Å². The van der Waals surface area contributed by atoms with Crippen molar-refractivity contribution in [1.82, 2.24) is 4.72 Å². The van der Waals surface area contributed by atoms with Gasteiger partial charge in [0, 0.05) is 12.1 Å². The molecule has 0 spiro atoms. The van der Waals surface area contributed by atoms with Crippen molar-refractivity contribution in [3.05, 3.63) is 34.1 Å². The molecule has 0 aliphatic rings. The van der Waals surface area contributed by atoms with Gasteiger partial charge in [0.05, 0.1) is 29.6 Å². The molecule has 0 bridgehead atoms. The summed E-state index contributed by atoms with van der Waals surface area (Å²) in [5.41, 5.74) is -2.83. The van der Waals surface area contributed by atoms with Crippen LogP contribution in [-0.2, 0) is 10.0 Å². The van der Waals surface area contributed by atoms with Crippen LogP contribution in [0.15, 0.2) is 23.1 Å². The molecule has 1 rings (SSSR count). The number of nitro benzene ring substituents is 1. The zero-order valence-electron chi connectivity index (χ0n) is 10.6. The molecule has 0 saturated carbocycles. The van der Waals surface area contributed by atoms with Gasteiger partial charge in [0.15, 0.2) is 0 Å². The van der Waals surface area contributed by atoms with E-state index in [9.17, 15) is 22.9 Å². The first-order valence-electron chi connectivity index (χ1n) is 5.52. The Bertz CT molecular complexity index is 622. The number of benzene rings is 1. The van der Waals surface area contributed by atoms with E-state index in [1.807, 2.05) is 4.72 Å². The van der Waals surface area contributed by atoms with Gasteiger partial charge in [-0.2, -0.15) is 9.11 Å². The second kappa shape index (κ2) is 6.41. The minimum absolute atomic E-state index is 0.428. The lowest BCUT2D eigenvalue weighted by atomic mass is 10.1. The number of aliphatic hydroxyl groups is 3. The van der Waals surface area contributed by atoms with Gasteiger partial charge in [-0.25, -0.2) is 8.42 Å². The third-order valence-corrected chi connectivity index (χ3v) is 4.26. The maximum absolute atomic E-state index is 13.4. The van der Waals surface area contributed by atoms with Gasteiger partial charge in [-0.15, -0.1) is 0 Å². The topological polar surface area (TPSA) is 150 Å². The second-order valence-electron chi connectivity index (χ2n) is 4.23. The molecule has 0 aliphatic carbocycles. The Kier molecular flexibility index (Phi) is 5.31. The maximum atomic E-state index is 13.4. The largest absolute Gasteiger partial charge is 0.394 e. The van der Waals surface area contributed by atoms with Crippen molar-refractivity contribution < 1.29 is 33.1 Å². The van der Waals surface area contributed by atoms with E-state index >= 15 is 0 Å². The van der Waals surface area contributed by atoms with E-state index in [1.54, 1.807) is 0 Å². The molecule has 118 valence electrons. The van der Waals surface area contributed by atoms with E-state index in [0.29, 0.717) is 12.1 Å². The van der Waals surface area contributed by atoms with E-state index in [0.717, 1.165) is 6.07 Å². The molecule has 0 aliphatic heterocycles. The lowest BCUT2D eigenvalue weighted by Crippen LogP contribution is -2.56. The molecule has 21 heavy (non-hydrogen) atoms. The van der Waals surface area contributed by atoms with Crippen LogP contribution < -0.4 is 4.72 Å². The SMILES string of the molecule is O=[N+]([O-])c1ccc(S(=O)(=O)NC(CO)(CO)CO)cc1F. The highest BCUT2D eigenvalue weighted by Crippen LogP contribution is 2.21. The molecule has 0 aromatic heterocycles. The second-order valence-corrected chi connectivity index (χ2v) is 5.91. The third-order valence-electron chi connectivity index (χ3n) is 2.69. The van der Waals surface area contributed by atoms with Crippen LogP contribution in [0, 0.1) is 15.9 Å². The Labute approximate surface area is 118 Å². The van der Waals surface area contributed by atoms with Crippen LogP contribution >= 0.6 is 0 Å². The highest BCUT2D eigenvalue weighted by atomic mass is 32.2. The van der Waals surface area contributed by atoms with Crippen LogP contribution in [0.1, 0.15) is 0 Å². The van der Waals surface area contributed by atoms with Crippen molar-refractivity contribution in [1.29, 1.82) is 0 Å². The van der Waals surface area contributed by atoms with Crippen LogP contribution in [0.25, 0.3) is 0 Å². The summed E-state index contributed by atoms with van der Waals surface area (Å²) < 4.78 is 39.2. The lowest BCUT2D eigenvalue weighted by molar-refractivity contribution is -0.387. The lowest BCUT2D eigenvalue weighted by Gasteiger charge is -2.28. The molecule has 0 atom stereocenters. The van der Waals surface area contributed by atoms with Crippen molar-refractivity contribution >= 4 is 15.7 Å². The monoisotopic (exact) mass is 324 g/mol. The van der Waals surface area contributed by atoms with E-state index in [4.69, 9.17) is 15.3 Å². The van der Waals surface area contributed by atoms with Crippen molar-refractivity contribution in [2.24, 2.45) is 0 Å². The summed E-state index contributed by atoms with van der Waals surface area (Å²) in [6.07, 6.45) is 0. The highest BCUT2D eigenvalue weighted by Gasteiger charge is 2.34. The third kappa shape index (κ3) is 3.71. The fraction of sp³-hybridized carbons (Fsp3) is 0.400. The van der Waals surface area contributed by atoms with Gasteiger partial charge in [-0.3, -0.25) is 10.1 Å². The maximum Gasteiger partial charge on any atom is 0.304 e. The van der Waals surface area contributed by atoms with E-state index < -0.39 is 56.7 Å². The number of sulfonamides is 1. The van der Waals surface area contributed by atoms with E-state index in [-0.39, 0.29) is 0 Å². The first kappa shape index (κ1) is 17.4. The minimum Gasteiger partial charge on any atom is -0.394 e. The first-order chi connectivity index (χ1) is 9.71. The predicted octanol–water partition coefficient (Wildman–Crippen LogP) is -1.27. The van der Waals surface area contributed by atoms with Gasteiger partial charge in [-0.05, 0) is 6.07 Å². The summed E-state index contributed by atoms with van der Waals surface area (Å²) in [4.78, 5) is 8.79. The van der Waals surface area contributed by atoms with Gasteiger partial charge in [0.1, 0.15) is 5.54 Å². The molecule has 4 N–H and O–H groups in total. The number of nitrogens with zero attached hydrogens (tertiary/aromatic N) is 1. The smallest absolute Gasteiger partial charge is 0.304 e. The fourth-order valence-electron chi connectivity index (χ4n) is 1.39. The van der Waals surface area contributed by atoms with Crippen LogP contribution in [-0.4, -0.2) is 54.0 Å². The van der Waals surface area contributed by atoms with Crippen molar-refractivity contribution in [3.8, 4) is 0 Å². The zero-order chi connectivity index (χ0) is 16.3. The van der Waals surface area contributed by atoms with Crippen molar-refractivity contribution in [3.63, 3.8) is 0 Å². The Balaban J connectivity index is 3.20. The average molecular weight is 324 g/mol. The Morgan fingerprint density at radius 2 is 1.76 bits per heavy atom. The number of nitrogens with one attached hydrogen (secondary N) is 1. The average Bonchev–Trinajstić information content (AvgIpc) is 2.44. The molecular formula is C10H13FN2O7S. The van der Waals surface area contributed by atoms with Gasteiger partial charge >= 0.3 is 5.69 Å². The van der Waals surface area contributed by atoms with Crippen LogP contribution in [0.5, 0.6) is 0 Å².